The summed E-state index contributed by atoms with van der Waals surface area (Å²) in [6.45, 7) is 4.43. The molecule has 0 aliphatic carbocycles. The van der Waals surface area contributed by atoms with Crippen LogP contribution in [0.25, 0.3) is 100 Å². The van der Waals surface area contributed by atoms with Gasteiger partial charge in [0.15, 0.2) is 0 Å². The Morgan fingerprint density at radius 1 is 0.554 bits per heavy atom. The third-order valence-electron chi connectivity index (χ3n) is 12.2. The van der Waals surface area contributed by atoms with E-state index in [1.54, 1.807) is 18.3 Å². The number of hydrogen-bond acceptors (Lipinski definition) is 3. The minimum atomic E-state index is -2.18. The minimum Gasteiger partial charge on any atom is -0.507 e. The Morgan fingerprint density at radius 2 is 1.25 bits per heavy atom. The Morgan fingerprint density at radius 3 is 2.03 bits per heavy atom. The fourth-order valence-electron chi connectivity index (χ4n) is 9.02. The van der Waals surface area contributed by atoms with E-state index in [1.807, 2.05) is 60.7 Å². The van der Waals surface area contributed by atoms with E-state index in [4.69, 9.17) is 14.1 Å². The van der Waals surface area contributed by atoms with Crippen LogP contribution in [0, 0.1) is 12.9 Å². The van der Waals surface area contributed by atoms with E-state index in [9.17, 15) is 5.11 Å². The van der Waals surface area contributed by atoms with Crippen LogP contribution in [-0.2, 0) is 26.5 Å². The van der Waals surface area contributed by atoms with Gasteiger partial charge in [-0.3, -0.25) is 9.55 Å². The van der Waals surface area contributed by atoms with Crippen molar-refractivity contribution < 1.29 is 30.3 Å². The largest absolute Gasteiger partial charge is 0.507 e. The number of pyridine rings is 1. The molecule has 318 valence electrons. The predicted molar refractivity (Wildman–Crippen MR) is 264 cm³/mol. The Kier molecular flexibility index (Phi) is 9.78. The van der Waals surface area contributed by atoms with Gasteiger partial charge in [-0.05, 0) is 71.4 Å². The summed E-state index contributed by atoms with van der Waals surface area (Å²) in [5.41, 5.74) is 14.5. The van der Waals surface area contributed by atoms with Gasteiger partial charge in [-0.2, -0.15) is 0 Å². The second-order valence-electron chi connectivity index (χ2n) is 17.4. The molecule has 65 heavy (non-hydrogen) atoms. The number of hydrogen-bond donors (Lipinski definition) is 1. The summed E-state index contributed by atoms with van der Waals surface area (Å²) in [4.78, 5) is 10.4. The number of nitrogens with zero attached hydrogens (tertiary/aromatic N) is 4. The average molecular weight is 1020 g/mol. The third-order valence-corrected chi connectivity index (χ3v) is 12.2. The first kappa shape index (κ1) is 38.2. The van der Waals surface area contributed by atoms with Crippen molar-refractivity contribution in [3.8, 4) is 73.2 Å². The molecule has 0 unspecified atom stereocenters. The molecule has 0 bridgehead atoms. The molecule has 0 spiro atoms. The van der Waals surface area contributed by atoms with Crippen LogP contribution in [0.5, 0.6) is 5.75 Å². The van der Waals surface area contributed by atoms with Crippen molar-refractivity contribution in [1.82, 2.24) is 19.1 Å². The van der Waals surface area contributed by atoms with E-state index in [-0.39, 0.29) is 32.2 Å². The van der Waals surface area contributed by atoms with Crippen LogP contribution in [0.2, 0.25) is 0 Å². The number of aryl methyl sites for hydroxylation is 1. The number of phenols is 1. The molecule has 0 saturated heterocycles. The van der Waals surface area contributed by atoms with Crippen molar-refractivity contribution in [2.45, 2.75) is 33.0 Å². The molecule has 11 rings (SSSR count). The summed E-state index contributed by atoms with van der Waals surface area (Å²) in [7, 11) is 0. The van der Waals surface area contributed by atoms with Crippen LogP contribution in [0.4, 0.5) is 0 Å². The van der Waals surface area contributed by atoms with E-state index in [2.05, 4.69) is 151 Å². The first-order valence-corrected chi connectivity index (χ1v) is 21.5. The maximum absolute atomic E-state index is 12.4. The average Bonchev–Trinajstić information content (AvgIpc) is 3.89. The summed E-state index contributed by atoms with van der Waals surface area (Å²) >= 11 is 0. The molecule has 0 aliphatic heterocycles. The fourth-order valence-corrected chi connectivity index (χ4v) is 9.02. The summed E-state index contributed by atoms with van der Waals surface area (Å²) in [6.07, 6.45) is 1.79. The molecule has 0 atom stereocenters. The maximum atomic E-state index is 12.4. The van der Waals surface area contributed by atoms with Gasteiger partial charge >= 0.3 is 0 Å². The standard InChI is InChI=1S/C59H45N4O.Pt/c1-38-26-28-39(29-27-38)41-30-31-60-51(35-41)43-32-42(33-44(34-43)59(2,3)4)47-22-15-25-54-57(47)61-58(63(54)52-23-13-11-20-46(52)40-16-7-5-8-17-40)50-36-49-48-21-12-14-24-53(48)62(55(49)37-56(50)64)45-18-9-6-10-19-45;/h5-31,33-37,64H,1-4H3;/q-1;/i1D3;. The summed E-state index contributed by atoms with van der Waals surface area (Å²) < 4.78 is 27.9. The van der Waals surface area contributed by atoms with Crippen molar-refractivity contribution in [1.29, 1.82) is 0 Å². The molecule has 0 fully saturated rings. The van der Waals surface area contributed by atoms with E-state index in [1.165, 1.54) is 0 Å². The summed E-state index contributed by atoms with van der Waals surface area (Å²) in [6, 6.07) is 66.7. The minimum absolute atomic E-state index is 0. The monoisotopic (exact) mass is 1020 g/mol. The molecule has 0 aliphatic rings. The van der Waals surface area contributed by atoms with Gasteiger partial charge in [-0.1, -0.05) is 165 Å². The number of rotatable bonds is 7. The van der Waals surface area contributed by atoms with E-state index >= 15 is 0 Å². The van der Waals surface area contributed by atoms with Crippen LogP contribution in [0.3, 0.4) is 0 Å². The smallest absolute Gasteiger partial charge is 0.148 e. The topological polar surface area (TPSA) is 55.9 Å². The van der Waals surface area contributed by atoms with Gasteiger partial charge in [0.05, 0.1) is 33.3 Å². The number of imidazole rings is 1. The Hall–Kier alpha value is -7.33. The van der Waals surface area contributed by atoms with Crippen LogP contribution < -0.4 is 0 Å². The van der Waals surface area contributed by atoms with Crippen LogP contribution in [-0.4, -0.2) is 24.2 Å². The number of phenolic OH excluding ortho intramolecular Hbond substituents is 1. The Bertz CT molecular complexity index is 3670. The SMILES string of the molecule is [2H]C([2H])([2H])c1ccc(-c2ccnc(-c3[c-]c(-c4cccc5c4nc(-c4cc6c7ccccc7n(-c7ccccc7)c6cc4O)n5-c4ccccc4-c4ccccc4)cc(C(C)(C)C)c3)c2)cc1.[Pt]. The zero-order valence-corrected chi connectivity index (χ0v) is 38.3. The quantitative estimate of drug-likeness (QED) is 0.162. The molecule has 11 aromatic rings. The van der Waals surface area contributed by atoms with Crippen molar-refractivity contribution in [3.63, 3.8) is 0 Å². The second kappa shape index (κ2) is 16.7. The molecule has 0 saturated carbocycles. The normalized spacial score (nSPS) is 12.5. The molecule has 0 amide bonds. The second-order valence-corrected chi connectivity index (χ2v) is 17.4. The third kappa shape index (κ3) is 7.46. The Labute approximate surface area is 397 Å². The zero-order valence-electron chi connectivity index (χ0n) is 39.0. The van der Waals surface area contributed by atoms with Crippen molar-refractivity contribution in [2.24, 2.45) is 0 Å². The number of aromatic nitrogens is 4. The van der Waals surface area contributed by atoms with Crippen molar-refractivity contribution in [3.05, 3.63) is 211 Å². The van der Waals surface area contributed by atoms with Gasteiger partial charge < -0.3 is 9.67 Å². The van der Waals surface area contributed by atoms with Gasteiger partial charge in [0.1, 0.15) is 11.6 Å². The fraction of sp³-hybridized carbons (Fsp3) is 0.0847. The van der Waals surface area contributed by atoms with Crippen molar-refractivity contribution in [2.75, 3.05) is 0 Å². The van der Waals surface area contributed by atoms with Gasteiger partial charge in [0.25, 0.3) is 0 Å². The molecule has 1 N–H and O–H groups in total. The number of aromatic hydroxyl groups is 1. The zero-order chi connectivity index (χ0) is 46.0. The van der Waals surface area contributed by atoms with E-state index in [0.29, 0.717) is 17.0 Å². The molecule has 3 aromatic heterocycles. The van der Waals surface area contributed by atoms with E-state index in [0.717, 1.165) is 94.4 Å². The van der Waals surface area contributed by atoms with Gasteiger partial charge in [0, 0.05) is 65.2 Å². The van der Waals surface area contributed by atoms with E-state index < -0.39 is 6.85 Å². The maximum Gasteiger partial charge on any atom is 0.148 e. The molecule has 5 nitrogen and oxygen atoms in total. The number of fused-ring (bicyclic) bond motifs is 4. The van der Waals surface area contributed by atoms with Crippen LogP contribution in [0.15, 0.2) is 194 Å². The molecule has 0 radical (unpaired) electrons. The molecular formula is C59H45N4OPt-. The molecule has 3 heterocycles. The first-order chi connectivity index (χ1) is 32.4. The van der Waals surface area contributed by atoms with Crippen LogP contribution in [0.1, 0.15) is 36.0 Å². The molecule has 6 heteroatoms. The van der Waals surface area contributed by atoms with Gasteiger partial charge in [-0.25, -0.2) is 4.98 Å². The first-order valence-electron chi connectivity index (χ1n) is 23.0. The molecular weight excluding hydrogens is 976 g/mol. The van der Waals surface area contributed by atoms with Gasteiger partial charge in [-0.15, -0.1) is 29.3 Å². The molecule has 8 aromatic carbocycles. The summed E-state index contributed by atoms with van der Waals surface area (Å²) in [5.74, 6) is 0.721. The van der Waals surface area contributed by atoms with Gasteiger partial charge in [0.2, 0.25) is 0 Å². The van der Waals surface area contributed by atoms with Crippen LogP contribution >= 0.6 is 0 Å². The predicted octanol–water partition coefficient (Wildman–Crippen LogP) is 15.0. The number of benzene rings is 8. The number of para-hydroxylation sites is 4. The van der Waals surface area contributed by atoms with Crippen molar-refractivity contribution >= 4 is 32.8 Å². The Balaban J connectivity index is 0.00000539. The summed E-state index contributed by atoms with van der Waals surface area (Å²) in [5, 5.41) is 14.4.